The Morgan fingerprint density at radius 2 is 1.62 bits per heavy atom. The predicted molar refractivity (Wildman–Crippen MR) is 101 cm³/mol. The van der Waals surface area contributed by atoms with Crippen molar-refractivity contribution in [2.45, 2.75) is 57.7 Å². The van der Waals surface area contributed by atoms with Crippen LogP contribution in [0, 0.1) is 23.2 Å². The summed E-state index contributed by atoms with van der Waals surface area (Å²) in [6, 6.07) is 5.65. The van der Waals surface area contributed by atoms with E-state index in [1.807, 2.05) is 0 Å². The van der Waals surface area contributed by atoms with Crippen molar-refractivity contribution in [3.8, 4) is 0 Å². The highest BCUT2D eigenvalue weighted by Gasteiger charge is 2.53. The maximum absolute atomic E-state index is 13.2. The molecule has 1 atom stereocenters. The molecule has 2 nitrogen and oxygen atoms in total. The summed E-state index contributed by atoms with van der Waals surface area (Å²) in [5.41, 5.74) is -0.425. The van der Waals surface area contributed by atoms with E-state index in [0.717, 1.165) is 23.8 Å². The van der Waals surface area contributed by atoms with Gasteiger partial charge >= 0.3 is 6.18 Å². The van der Waals surface area contributed by atoms with Gasteiger partial charge in [-0.1, -0.05) is 12.1 Å². The lowest BCUT2D eigenvalue weighted by Gasteiger charge is -2.59. The minimum absolute atomic E-state index is 0.00946. The van der Waals surface area contributed by atoms with Gasteiger partial charge in [0.25, 0.3) is 0 Å². The van der Waals surface area contributed by atoms with E-state index in [-0.39, 0.29) is 22.3 Å². The number of rotatable bonds is 3. The van der Waals surface area contributed by atoms with E-state index in [4.69, 9.17) is 12.2 Å². The SMILES string of the molecule is CC(NC(=S)Nc1ccccc1C(F)(F)F)C12CC3CC(CC(C3)C1)C2. The van der Waals surface area contributed by atoms with Gasteiger partial charge in [0, 0.05) is 6.04 Å². The summed E-state index contributed by atoms with van der Waals surface area (Å²) in [6.45, 7) is 2.15. The molecular formula is C20H25F3N2S. The minimum atomic E-state index is -4.40. The van der Waals surface area contributed by atoms with E-state index in [1.165, 1.54) is 50.7 Å². The number of nitrogens with one attached hydrogen (secondary N) is 2. The first-order chi connectivity index (χ1) is 12.2. The van der Waals surface area contributed by atoms with Gasteiger partial charge in [-0.15, -0.1) is 0 Å². The number of hydrogen-bond acceptors (Lipinski definition) is 1. The molecule has 4 bridgehead atoms. The van der Waals surface area contributed by atoms with Crippen LogP contribution in [0.1, 0.15) is 51.0 Å². The van der Waals surface area contributed by atoms with E-state index in [9.17, 15) is 13.2 Å². The van der Waals surface area contributed by atoms with Crippen LogP contribution in [0.25, 0.3) is 0 Å². The molecule has 0 radical (unpaired) electrons. The lowest BCUT2D eigenvalue weighted by atomic mass is 9.48. The number of anilines is 1. The van der Waals surface area contributed by atoms with Crippen LogP contribution in [0.5, 0.6) is 0 Å². The van der Waals surface area contributed by atoms with E-state index in [0.29, 0.717) is 0 Å². The van der Waals surface area contributed by atoms with E-state index in [2.05, 4.69) is 17.6 Å². The summed E-state index contributed by atoms with van der Waals surface area (Å²) in [6.07, 6.45) is 3.40. The molecule has 0 saturated heterocycles. The van der Waals surface area contributed by atoms with Gasteiger partial charge in [0.2, 0.25) is 0 Å². The summed E-state index contributed by atoms with van der Waals surface area (Å²) < 4.78 is 39.5. The van der Waals surface area contributed by atoms with Gasteiger partial charge in [0.15, 0.2) is 5.11 Å². The summed E-state index contributed by atoms with van der Waals surface area (Å²) >= 11 is 5.36. The van der Waals surface area contributed by atoms with Crippen molar-refractivity contribution < 1.29 is 13.2 Å². The summed E-state index contributed by atoms with van der Waals surface area (Å²) in [7, 11) is 0. The van der Waals surface area contributed by atoms with E-state index < -0.39 is 11.7 Å². The molecule has 142 valence electrons. The van der Waals surface area contributed by atoms with Crippen LogP contribution < -0.4 is 10.6 Å². The number of thiocarbonyl (C=S) groups is 1. The summed E-state index contributed by atoms with van der Waals surface area (Å²) in [4.78, 5) is 0. The molecule has 2 N–H and O–H groups in total. The molecule has 4 aliphatic rings. The molecule has 4 fully saturated rings. The molecule has 4 aliphatic carbocycles. The zero-order valence-corrected chi connectivity index (χ0v) is 15.7. The second-order valence-electron chi connectivity index (χ2n) is 8.64. The van der Waals surface area contributed by atoms with Crippen molar-refractivity contribution in [1.29, 1.82) is 0 Å². The fourth-order valence-electron chi connectivity index (χ4n) is 6.06. The van der Waals surface area contributed by atoms with Gasteiger partial charge in [-0.25, -0.2) is 0 Å². The van der Waals surface area contributed by atoms with Crippen LogP contribution in [0.2, 0.25) is 0 Å². The zero-order chi connectivity index (χ0) is 18.5. The Balaban J connectivity index is 1.45. The molecule has 1 aromatic rings. The highest BCUT2D eigenvalue weighted by atomic mass is 32.1. The topological polar surface area (TPSA) is 24.1 Å². The third kappa shape index (κ3) is 3.32. The Hall–Kier alpha value is -1.30. The highest BCUT2D eigenvalue weighted by Crippen LogP contribution is 2.61. The first kappa shape index (κ1) is 18.1. The van der Waals surface area contributed by atoms with Crippen LogP contribution in [-0.4, -0.2) is 11.2 Å². The Morgan fingerprint density at radius 1 is 1.08 bits per heavy atom. The molecule has 4 saturated carbocycles. The third-order valence-electron chi connectivity index (χ3n) is 6.83. The van der Waals surface area contributed by atoms with Gasteiger partial charge in [-0.05, 0) is 93.0 Å². The molecular weight excluding hydrogens is 357 g/mol. The summed E-state index contributed by atoms with van der Waals surface area (Å²) in [5, 5.41) is 6.38. The van der Waals surface area contributed by atoms with Crippen LogP contribution in [0.4, 0.5) is 18.9 Å². The van der Waals surface area contributed by atoms with Gasteiger partial charge in [-0.2, -0.15) is 13.2 Å². The Labute approximate surface area is 157 Å². The minimum Gasteiger partial charge on any atom is -0.359 e. The molecule has 0 spiro atoms. The Morgan fingerprint density at radius 3 is 2.15 bits per heavy atom. The molecule has 0 aliphatic heterocycles. The van der Waals surface area contributed by atoms with Crippen molar-refractivity contribution in [3.05, 3.63) is 29.8 Å². The van der Waals surface area contributed by atoms with Crippen LogP contribution >= 0.6 is 12.2 Å². The van der Waals surface area contributed by atoms with Gasteiger partial charge in [-0.3, -0.25) is 0 Å². The van der Waals surface area contributed by atoms with E-state index >= 15 is 0 Å². The van der Waals surface area contributed by atoms with Crippen molar-refractivity contribution in [2.75, 3.05) is 5.32 Å². The predicted octanol–water partition coefficient (Wildman–Crippen LogP) is 5.60. The Bertz CT molecular complexity index is 665. The normalized spacial score (nSPS) is 33.8. The third-order valence-corrected chi connectivity index (χ3v) is 7.05. The summed E-state index contributed by atoms with van der Waals surface area (Å²) in [5.74, 6) is 2.49. The molecule has 0 heterocycles. The first-order valence-electron chi connectivity index (χ1n) is 9.49. The van der Waals surface area contributed by atoms with E-state index in [1.54, 1.807) is 6.07 Å². The molecule has 1 aromatic carbocycles. The number of benzene rings is 1. The molecule has 6 heteroatoms. The van der Waals surface area contributed by atoms with Crippen LogP contribution in [-0.2, 0) is 6.18 Å². The maximum atomic E-state index is 13.2. The first-order valence-corrected chi connectivity index (χ1v) is 9.90. The molecule has 5 rings (SSSR count). The molecule has 1 unspecified atom stereocenters. The van der Waals surface area contributed by atoms with Crippen molar-refractivity contribution in [1.82, 2.24) is 5.32 Å². The largest absolute Gasteiger partial charge is 0.418 e. The van der Waals surface area contributed by atoms with Gasteiger partial charge < -0.3 is 10.6 Å². The molecule has 26 heavy (non-hydrogen) atoms. The average molecular weight is 382 g/mol. The van der Waals surface area contributed by atoms with Crippen molar-refractivity contribution in [3.63, 3.8) is 0 Å². The molecule has 0 amide bonds. The average Bonchev–Trinajstić information content (AvgIpc) is 2.53. The van der Waals surface area contributed by atoms with Crippen molar-refractivity contribution >= 4 is 23.0 Å². The second kappa shape index (κ2) is 6.39. The van der Waals surface area contributed by atoms with Crippen LogP contribution in [0.15, 0.2) is 24.3 Å². The fourth-order valence-corrected chi connectivity index (χ4v) is 6.34. The monoisotopic (exact) mass is 382 g/mol. The smallest absolute Gasteiger partial charge is 0.359 e. The number of hydrogen-bond donors (Lipinski definition) is 2. The van der Waals surface area contributed by atoms with Gasteiger partial charge in [0.05, 0.1) is 11.3 Å². The van der Waals surface area contributed by atoms with Gasteiger partial charge in [0.1, 0.15) is 0 Å². The fraction of sp³-hybridized carbons (Fsp3) is 0.650. The number of alkyl halides is 3. The lowest BCUT2D eigenvalue weighted by Crippen LogP contribution is -2.56. The standard InChI is InChI=1S/C20H25F3N2S/c1-12(19-9-13-6-14(10-19)8-15(7-13)11-19)24-18(26)25-17-5-3-2-4-16(17)20(21,22)23/h2-5,12-15H,6-11H2,1H3,(H2,24,25,26). The number of halogens is 3. The second-order valence-corrected chi connectivity index (χ2v) is 9.05. The number of para-hydroxylation sites is 1. The highest BCUT2D eigenvalue weighted by molar-refractivity contribution is 7.80. The quantitative estimate of drug-likeness (QED) is 0.666. The van der Waals surface area contributed by atoms with Crippen molar-refractivity contribution in [2.24, 2.45) is 23.2 Å². The van der Waals surface area contributed by atoms with Crippen LogP contribution in [0.3, 0.4) is 0 Å². The lowest BCUT2D eigenvalue weighted by molar-refractivity contribution is -0.136. The Kier molecular flexibility index (Phi) is 4.45. The maximum Gasteiger partial charge on any atom is 0.418 e. The zero-order valence-electron chi connectivity index (χ0n) is 14.9. The molecule has 0 aromatic heterocycles.